The number of hydrogen-bond acceptors (Lipinski definition) is 4. The van der Waals surface area contributed by atoms with E-state index in [-0.39, 0.29) is 11.9 Å². The molecule has 1 aliphatic carbocycles. The van der Waals surface area contributed by atoms with E-state index in [2.05, 4.69) is 0 Å². The molecule has 1 aliphatic heterocycles. The molecule has 1 aromatic rings. The molecule has 0 atom stereocenters. The Hall–Kier alpha value is -1.88. The summed E-state index contributed by atoms with van der Waals surface area (Å²) in [4.78, 5) is 29.7. The SMILES string of the molecule is COC(=O)c1ccc2c(c1)C1(CCCCC1)N(OC)C2=O. The predicted molar refractivity (Wildman–Crippen MR) is 75.7 cm³/mol. The Balaban J connectivity index is 2.13. The van der Waals surface area contributed by atoms with E-state index in [9.17, 15) is 9.59 Å². The van der Waals surface area contributed by atoms with Gasteiger partial charge in [-0.3, -0.25) is 9.63 Å². The maximum absolute atomic E-state index is 12.5. The average molecular weight is 289 g/mol. The molecule has 112 valence electrons. The Morgan fingerprint density at radius 1 is 1.19 bits per heavy atom. The largest absolute Gasteiger partial charge is 0.465 e. The van der Waals surface area contributed by atoms with Crippen LogP contribution in [0.3, 0.4) is 0 Å². The third kappa shape index (κ3) is 1.95. The van der Waals surface area contributed by atoms with E-state index >= 15 is 0 Å². The third-order valence-corrected chi connectivity index (χ3v) is 4.61. The summed E-state index contributed by atoms with van der Waals surface area (Å²) in [6.45, 7) is 0. The van der Waals surface area contributed by atoms with Crippen molar-refractivity contribution in [2.45, 2.75) is 37.6 Å². The molecule has 0 N–H and O–H groups in total. The van der Waals surface area contributed by atoms with E-state index in [1.807, 2.05) is 0 Å². The van der Waals surface area contributed by atoms with Crippen LogP contribution in [0.1, 0.15) is 58.4 Å². The summed E-state index contributed by atoms with van der Waals surface area (Å²) in [6.07, 6.45) is 5.00. The van der Waals surface area contributed by atoms with Crippen LogP contribution in [0.5, 0.6) is 0 Å². The maximum atomic E-state index is 12.5. The topological polar surface area (TPSA) is 55.8 Å². The molecule has 0 radical (unpaired) electrons. The normalized spacial score (nSPS) is 19.7. The van der Waals surface area contributed by atoms with Crippen molar-refractivity contribution in [2.75, 3.05) is 14.2 Å². The van der Waals surface area contributed by atoms with Crippen molar-refractivity contribution in [3.05, 3.63) is 34.9 Å². The van der Waals surface area contributed by atoms with Gasteiger partial charge >= 0.3 is 5.97 Å². The molecule has 1 spiro atoms. The number of benzene rings is 1. The monoisotopic (exact) mass is 289 g/mol. The third-order valence-electron chi connectivity index (χ3n) is 4.61. The second-order valence-corrected chi connectivity index (χ2v) is 5.63. The summed E-state index contributed by atoms with van der Waals surface area (Å²) in [5.41, 5.74) is 1.58. The van der Waals surface area contributed by atoms with E-state index < -0.39 is 5.54 Å². The number of methoxy groups -OCH3 is 1. The fraction of sp³-hybridized carbons (Fsp3) is 0.500. The van der Waals surface area contributed by atoms with Gasteiger partial charge in [-0.2, -0.15) is 0 Å². The standard InChI is InChI=1S/C16H19NO4/c1-20-15(19)11-6-7-12-13(10-11)16(8-4-3-5-9-16)17(21-2)14(12)18/h6-7,10H,3-5,8-9H2,1-2H3. The summed E-state index contributed by atoms with van der Waals surface area (Å²) in [7, 11) is 2.89. The lowest BCUT2D eigenvalue weighted by atomic mass is 9.77. The van der Waals surface area contributed by atoms with Crippen molar-refractivity contribution < 1.29 is 19.2 Å². The van der Waals surface area contributed by atoms with Gasteiger partial charge in [0, 0.05) is 5.56 Å². The van der Waals surface area contributed by atoms with Gasteiger partial charge in [-0.05, 0) is 36.6 Å². The minimum Gasteiger partial charge on any atom is -0.465 e. The van der Waals surface area contributed by atoms with Crippen LogP contribution in [0.25, 0.3) is 0 Å². The van der Waals surface area contributed by atoms with Crippen LogP contribution in [0, 0.1) is 0 Å². The lowest BCUT2D eigenvalue weighted by Gasteiger charge is -2.40. The summed E-state index contributed by atoms with van der Waals surface area (Å²) >= 11 is 0. The Morgan fingerprint density at radius 3 is 2.52 bits per heavy atom. The van der Waals surface area contributed by atoms with Crippen LogP contribution in [0.2, 0.25) is 0 Å². The molecule has 3 rings (SSSR count). The van der Waals surface area contributed by atoms with Gasteiger partial charge in [0.15, 0.2) is 0 Å². The molecule has 0 aromatic heterocycles. The van der Waals surface area contributed by atoms with Crippen LogP contribution >= 0.6 is 0 Å². The fourth-order valence-electron chi connectivity index (χ4n) is 3.64. The quantitative estimate of drug-likeness (QED) is 0.785. The van der Waals surface area contributed by atoms with Gasteiger partial charge in [0.05, 0.1) is 25.3 Å². The molecule has 1 heterocycles. The van der Waals surface area contributed by atoms with Gasteiger partial charge in [0.2, 0.25) is 0 Å². The van der Waals surface area contributed by atoms with Gasteiger partial charge < -0.3 is 4.74 Å². The number of carbonyl (C=O) groups excluding carboxylic acids is 2. The zero-order valence-corrected chi connectivity index (χ0v) is 12.3. The first-order valence-electron chi connectivity index (χ1n) is 7.25. The molecular formula is C16H19NO4. The van der Waals surface area contributed by atoms with E-state index in [4.69, 9.17) is 9.57 Å². The van der Waals surface area contributed by atoms with Gasteiger partial charge in [-0.25, -0.2) is 9.86 Å². The van der Waals surface area contributed by atoms with Crippen molar-refractivity contribution in [3.8, 4) is 0 Å². The number of hydroxylamine groups is 2. The molecule has 0 bridgehead atoms. The Labute approximate surface area is 123 Å². The molecule has 1 saturated carbocycles. The van der Waals surface area contributed by atoms with Crippen molar-refractivity contribution in [1.82, 2.24) is 5.06 Å². The van der Waals surface area contributed by atoms with Crippen molar-refractivity contribution in [1.29, 1.82) is 0 Å². The maximum Gasteiger partial charge on any atom is 0.337 e. The first-order chi connectivity index (χ1) is 10.1. The summed E-state index contributed by atoms with van der Waals surface area (Å²) in [5, 5.41) is 1.50. The highest BCUT2D eigenvalue weighted by Crippen LogP contribution is 2.48. The van der Waals surface area contributed by atoms with Crippen LogP contribution in [-0.2, 0) is 15.1 Å². The molecule has 5 nitrogen and oxygen atoms in total. The molecular weight excluding hydrogens is 270 g/mol. The highest BCUT2D eigenvalue weighted by atomic mass is 16.7. The lowest BCUT2D eigenvalue weighted by molar-refractivity contribution is -0.169. The molecule has 21 heavy (non-hydrogen) atoms. The zero-order valence-electron chi connectivity index (χ0n) is 12.3. The van der Waals surface area contributed by atoms with Crippen molar-refractivity contribution >= 4 is 11.9 Å². The highest BCUT2D eigenvalue weighted by Gasteiger charge is 2.51. The predicted octanol–water partition coefficient (Wildman–Crippen LogP) is 2.65. The molecule has 1 fully saturated rings. The van der Waals surface area contributed by atoms with Gasteiger partial charge in [-0.1, -0.05) is 19.3 Å². The highest BCUT2D eigenvalue weighted by molar-refractivity contribution is 6.01. The van der Waals surface area contributed by atoms with E-state index in [0.717, 1.165) is 31.2 Å². The van der Waals surface area contributed by atoms with Gasteiger partial charge in [0.25, 0.3) is 5.91 Å². The minimum atomic E-state index is -0.427. The number of amides is 1. The smallest absolute Gasteiger partial charge is 0.337 e. The molecule has 5 heteroatoms. The average Bonchev–Trinajstić information content (AvgIpc) is 2.75. The lowest BCUT2D eigenvalue weighted by Crippen LogP contribution is -2.44. The first kappa shape index (κ1) is 14.1. The summed E-state index contributed by atoms with van der Waals surface area (Å²) in [6, 6.07) is 5.14. The van der Waals surface area contributed by atoms with E-state index in [0.29, 0.717) is 11.1 Å². The molecule has 1 amide bonds. The number of fused-ring (bicyclic) bond motifs is 2. The fourth-order valence-corrected chi connectivity index (χ4v) is 3.64. The number of rotatable bonds is 2. The summed E-state index contributed by atoms with van der Waals surface area (Å²) < 4.78 is 4.78. The first-order valence-corrected chi connectivity index (χ1v) is 7.25. The summed E-state index contributed by atoms with van der Waals surface area (Å²) in [5.74, 6) is -0.502. The number of ether oxygens (including phenoxy) is 1. The van der Waals surface area contributed by atoms with Gasteiger partial charge in [-0.15, -0.1) is 0 Å². The van der Waals surface area contributed by atoms with Crippen molar-refractivity contribution in [3.63, 3.8) is 0 Å². The molecule has 0 saturated heterocycles. The van der Waals surface area contributed by atoms with Crippen molar-refractivity contribution in [2.24, 2.45) is 0 Å². The Bertz CT molecular complexity index is 590. The number of esters is 1. The Kier molecular flexibility index (Phi) is 3.45. The number of hydrogen-bond donors (Lipinski definition) is 0. The second-order valence-electron chi connectivity index (χ2n) is 5.63. The number of carbonyl (C=O) groups is 2. The zero-order chi connectivity index (χ0) is 15.0. The minimum absolute atomic E-state index is 0.120. The van der Waals surface area contributed by atoms with E-state index in [1.54, 1.807) is 18.2 Å². The molecule has 2 aliphatic rings. The second kappa shape index (κ2) is 5.15. The Morgan fingerprint density at radius 2 is 1.90 bits per heavy atom. The van der Waals surface area contributed by atoms with Crippen LogP contribution in [0.4, 0.5) is 0 Å². The number of nitrogens with zero attached hydrogens (tertiary/aromatic N) is 1. The van der Waals surface area contributed by atoms with Crippen LogP contribution in [-0.4, -0.2) is 31.2 Å². The van der Waals surface area contributed by atoms with Crippen LogP contribution in [0.15, 0.2) is 18.2 Å². The molecule has 1 aromatic carbocycles. The van der Waals surface area contributed by atoms with E-state index in [1.165, 1.54) is 25.7 Å². The van der Waals surface area contributed by atoms with Gasteiger partial charge in [0.1, 0.15) is 0 Å². The van der Waals surface area contributed by atoms with Crippen LogP contribution < -0.4 is 0 Å². The molecule has 0 unspecified atom stereocenters.